The van der Waals surface area contributed by atoms with Crippen molar-refractivity contribution in [2.75, 3.05) is 190 Å². The summed E-state index contributed by atoms with van der Waals surface area (Å²) >= 11 is 0. The molecule has 1 aromatic rings. The molecule has 0 saturated carbocycles. The fourth-order valence-corrected chi connectivity index (χ4v) is 9.81. The molecule has 1 aromatic carbocycles. The Morgan fingerprint density at radius 2 is 1.11 bits per heavy atom. The van der Waals surface area contributed by atoms with Crippen LogP contribution in [0.5, 0.6) is 0 Å². The molecule has 0 saturated heterocycles. The van der Waals surface area contributed by atoms with Crippen molar-refractivity contribution in [3.05, 3.63) is 82.6 Å². The quantitative estimate of drug-likeness (QED) is 0.0364. The Labute approximate surface area is 490 Å². The summed E-state index contributed by atoms with van der Waals surface area (Å²) in [5, 5.41) is 10.5. The van der Waals surface area contributed by atoms with Gasteiger partial charge in [-0.15, -0.1) is 0 Å². The molecule has 4 rings (SSSR count). The summed E-state index contributed by atoms with van der Waals surface area (Å²) in [6.07, 6.45) is 6.00. The zero-order valence-corrected chi connectivity index (χ0v) is 51.0. The lowest BCUT2D eigenvalue weighted by atomic mass is 9.77. The van der Waals surface area contributed by atoms with Crippen molar-refractivity contribution in [3.63, 3.8) is 0 Å². The number of benzene rings is 2. The number of hydrogen-bond acceptors (Lipinski definition) is 19. The molecule has 2 heterocycles. The van der Waals surface area contributed by atoms with E-state index in [9.17, 15) is 35.8 Å². The summed E-state index contributed by atoms with van der Waals surface area (Å²) in [5.74, 6) is -0.194. The minimum Gasteiger partial charge on any atom is -0.481 e. The minimum atomic E-state index is -4.62. The number of hydrogen-bond donors (Lipinski definition) is 3. The highest BCUT2D eigenvalue weighted by Gasteiger charge is 2.43. The van der Waals surface area contributed by atoms with Crippen LogP contribution in [-0.2, 0) is 92.7 Å². The van der Waals surface area contributed by atoms with Gasteiger partial charge in [0.2, 0.25) is 5.36 Å². The van der Waals surface area contributed by atoms with Crippen molar-refractivity contribution >= 4 is 38.0 Å². The van der Waals surface area contributed by atoms with Gasteiger partial charge in [-0.05, 0) is 73.7 Å². The van der Waals surface area contributed by atoms with E-state index in [2.05, 4.69) is 25.3 Å². The van der Waals surface area contributed by atoms with Crippen LogP contribution < -0.4 is 14.8 Å². The lowest BCUT2D eigenvalue weighted by molar-refractivity contribution is -0.137. The van der Waals surface area contributed by atoms with Gasteiger partial charge in [-0.2, -0.15) is 16.8 Å². The largest absolute Gasteiger partial charge is 0.481 e. The van der Waals surface area contributed by atoms with E-state index >= 15 is 0 Å². The maximum atomic E-state index is 12.4. The smallest absolute Gasteiger partial charge is 0.303 e. The van der Waals surface area contributed by atoms with Gasteiger partial charge in [-0.1, -0.05) is 32.9 Å². The van der Waals surface area contributed by atoms with Crippen molar-refractivity contribution in [1.82, 2.24) is 4.58 Å². The lowest BCUT2D eigenvalue weighted by Crippen LogP contribution is -2.36. The third-order valence-corrected chi connectivity index (χ3v) is 14.8. The van der Waals surface area contributed by atoms with Gasteiger partial charge < -0.3 is 71.3 Å². The van der Waals surface area contributed by atoms with Crippen LogP contribution in [0.4, 0.5) is 5.69 Å². The Kier molecular flexibility index (Phi) is 33.2. The number of carbonyl (C=O) groups is 1. The standard InChI is InChI=1S/C58H90N2O21S2/c1-57(2,3)55-44-47(10-7-11-54-58(4,17-8-12-56(61)62)51-46-49(83(66,67)68)14-16-52(51)60(54)18-9-43-82(63,64)65)50-15-13-48(45-53(50)81-55)59(19-21-71-27-29-75-35-37-79-41-39-77-33-31-73-25-23-69-5)20-22-72-28-30-76-36-38-80-42-40-78-34-32-74-26-24-70-6/h7,10-11,13-16,44-46H,8-9,12,17-43H2,1-6H3,(H2-,61,62,63,64,65,66,67,68)/p+1. The summed E-state index contributed by atoms with van der Waals surface area (Å²) in [6, 6.07) is 12.2. The zero-order chi connectivity index (χ0) is 60.4. The zero-order valence-electron chi connectivity index (χ0n) is 49.4. The van der Waals surface area contributed by atoms with E-state index in [1.165, 1.54) is 12.1 Å². The Morgan fingerprint density at radius 3 is 1.54 bits per heavy atom. The normalized spacial score (nSPS) is 15.4. The number of methoxy groups -OCH3 is 2. The summed E-state index contributed by atoms with van der Waals surface area (Å²) < 4.78 is 143. The number of carboxylic acids is 1. The highest BCUT2D eigenvalue weighted by atomic mass is 32.2. The van der Waals surface area contributed by atoms with Gasteiger partial charge in [0.25, 0.3) is 20.2 Å². The number of ether oxygens (including phenoxy) is 12. The van der Waals surface area contributed by atoms with Crippen LogP contribution in [0, 0.1) is 0 Å². The minimum absolute atomic E-state index is 0.0215. The predicted molar refractivity (Wildman–Crippen MR) is 312 cm³/mol. The van der Waals surface area contributed by atoms with Crippen LogP contribution in [0.25, 0.3) is 17.4 Å². The fraction of sp³-hybridized carbons (Fsp3) is 0.655. The number of nitrogens with zero attached hydrogens (tertiary/aromatic N) is 2. The molecule has 0 bridgehead atoms. The molecule has 2 aliphatic heterocycles. The van der Waals surface area contributed by atoms with Crippen LogP contribution in [0.1, 0.15) is 70.3 Å². The molecule has 3 N–H and O–H groups in total. The second kappa shape index (κ2) is 38.7. The predicted octanol–water partition coefficient (Wildman–Crippen LogP) is 5.37. The summed E-state index contributed by atoms with van der Waals surface area (Å²) in [7, 11) is -5.68. The SMILES string of the molecule is COCCOCCOCCOCCOCCOCC[N+](CCOCCOCCOCCOCCOCCOC)=c1ccc2c(C=CC=C3N(CCCS(=O)(=O)O)c4ccc(S(=O)(=O)O)cc4C3(C)CCCC(=O)O)cc(C(C)(C)C)oc-2c1. The maximum Gasteiger partial charge on any atom is 0.303 e. The van der Waals surface area contributed by atoms with Crippen LogP contribution >= 0.6 is 0 Å². The topological polar surface area (TPSA) is 276 Å². The molecule has 23 nitrogen and oxygen atoms in total. The maximum absolute atomic E-state index is 12.4. The van der Waals surface area contributed by atoms with Crippen LogP contribution in [0.2, 0.25) is 0 Å². The molecule has 470 valence electrons. The van der Waals surface area contributed by atoms with Crippen LogP contribution in [0.3, 0.4) is 0 Å². The first-order chi connectivity index (χ1) is 39.8. The van der Waals surface area contributed by atoms with Gasteiger partial charge in [0.05, 0.1) is 149 Å². The first kappa shape index (κ1) is 71.2. The molecule has 0 aromatic heterocycles. The van der Waals surface area contributed by atoms with E-state index in [1.807, 2.05) is 54.3 Å². The van der Waals surface area contributed by atoms with Crippen molar-refractivity contribution in [1.29, 1.82) is 0 Å². The molecule has 25 heteroatoms. The average Bonchev–Trinajstić information content (AvgIpc) is 2.39. The molecule has 0 fully saturated rings. The molecule has 0 spiro atoms. The van der Waals surface area contributed by atoms with Crippen molar-refractivity contribution < 1.29 is 97.1 Å². The van der Waals surface area contributed by atoms with E-state index in [4.69, 9.17) is 61.3 Å². The molecule has 3 aliphatic rings. The number of carboxylic acid groups (broad SMARTS) is 1. The Bertz CT molecular complexity index is 2630. The van der Waals surface area contributed by atoms with E-state index in [1.54, 1.807) is 20.3 Å². The van der Waals surface area contributed by atoms with Crippen molar-refractivity contribution in [3.8, 4) is 11.3 Å². The average molecular weight is 1220 g/mol. The fourth-order valence-electron chi connectivity index (χ4n) is 8.81. The Balaban J connectivity index is 1.53. The molecular formula is C58H91N2O21S2+. The van der Waals surface area contributed by atoms with Crippen LogP contribution in [0.15, 0.2) is 69.6 Å². The highest BCUT2D eigenvalue weighted by Crippen LogP contribution is 2.51. The third kappa shape index (κ3) is 27.3. The third-order valence-electron chi connectivity index (χ3n) is 13.1. The van der Waals surface area contributed by atoms with Crippen molar-refractivity contribution in [2.24, 2.45) is 0 Å². The van der Waals surface area contributed by atoms with Gasteiger partial charge in [-0.3, -0.25) is 13.9 Å². The monoisotopic (exact) mass is 1220 g/mol. The molecule has 0 amide bonds. The number of aliphatic carboxylic acids is 1. The number of allylic oxidation sites excluding steroid dienone is 3. The molecule has 83 heavy (non-hydrogen) atoms. The first-order valence-electron chi connectivity index (χ1n) is 28.2. The Morgan fingerprint density at radius 1 is 0.639 bits per heavy atom. The van der Waals surface area contributed by atoms with E-state index in [-0.39, 0.29) is 37.1 Å². The lowest BCUT2D eigenvalue weighted by Gasteiger charge is -2.30. The second-order valence-electron chi connectivity index (χ2n) is 20.5. The highest BCUT2D eigenvalue weighted by molar-refractivity contribution is 7.86. The van der Waals surface area contributed by atoms with Gasteiger partial charge in [0.1, 0.15) is 24.7 Å². The summed E-state index contributed by atoms with van der Waals surface area (Å²) in [4.78, 5) is 13.2. The molecule has 0 radical (unpaired) electrons. The number of anilines is 1. The van der Waals surface area contributed by atoms with E-state index < -0.39 is 42.8 Å². The van der Waals surface area contributed by atoms with E-state index in [0.717, 1.165) is 16.5 Å². The second-order valence-corrected chi connectivity index (χ2v) is 23.5. The van der Waals surface area contributed by atoms with Gasteiger partial charge in [0.15, 0.2) is 13.1 Å². The molecule has 1 atom stereocenters. The first-order valence-corrected chi connectivity index (χ1v) is 31.2. The summed E-state index contributed by atoms with van der Waals surface area (Å²) in [5.41, 5.74) is 1.95. The van der Waals surface area contributed by atoms with Gasteiger partial charge in [-0.25, -0.2) is 4.58 Å². The molecule has 1 unspecified atom stereocenters. The summed E-state index contributed by atoms with van der Waals surface area (Å²) in [6.45, 7) is 19.1. The molecular weight excluding hydrogens is 1120 g/mol. The van der Waals surface area contributed by atoms with Gasteiger partial charge in [0, 0.05) is 61.0 Å². The Hall–Kier alpha value is -4.26. The number of fused-ring (bicyclic) bond motifs is 2. The van der Waals surface area contributed by atoms with E-state index in [0.29, 0.717) is 187 Å². The molecule has 1 aliphatic carbocycles. The van der Waals surface area contributed by atoms with Gasteiger partial charge >= 0.3 is 5.97 Å². The van der Waals surface area contributed by atoms with Crippen molar-refractivity contribution in [2.45, 2.75) is 69.1 Å². The van der Waals surface area contributed by atoms with Crippen LogP contribution in [-0.4, -0.2) is 222 Å². The number of rotatable bonds is 47.